The zero-order valence-electron chi connectivity index (χ0n) is 11.2. The van der Waals surface area contributed by atoms with Gasteiger partial charge in [0.1, 0.15) is 24.2 Å². The fourth-order valence-electron chi connectivity index (χ4n) is 2.37. The Morgan fingerprint density at radius 3 is 2.63 bits per heavy atom. The first-order valence-corrected chi connectivity index (χ1v) is 6.37. The lowest BCUT2D eigenvalue weighted by molar-refractivity contribution is -0.662. The predicted octanol–water partition coefficient (Wildman–Crippen LogP) is 2.59. The molecule has 1 aromatic carbocycles. The predicted molar refractivity (Wildman–Crippen MR) is 74.4 cm³/mol. The molecule has 0 atom stereocenters. The van der Waals surface area contributed by atoms with E-state index in [0.29, 0.717) is 0 Å². The Balaban J connectivity index is 1.96. The van der Waals surface area contributed by atoms with Crippen LogP contribution in [0.15, 0.2) is 54.9 Å². The monoisotopic (exact) mass is 253 g/mol. The lowest BCUT2D eigenvalue weighted by Crippen LogP contribution is -2.32. The quantitative estimate of drug-likeness (QED) is 0.656. The Morgan fingerprint density at radius 2 is 1.89 bits per heavy atom. The van der Waals surface area contributed by atoms with Crippen molar-refractivity contribution in [3.05, 3.63) is 66.1 Å². The maximum Gasteiger partial charge on any atom is 0.286 e. The van der Waals surface area contributed by atoms with Gasteiger partial charge in [0.15, 0.2) is 0 Å². The number of pyridine rings is 1. The summed E-state index contributed by atoms with van der Waals surface area (Å²) in [6.07, 6.45) is 4.27. The van der Waals surface area contributed by atoms with Crippen LogP contribution in [-0.2, 0) is 6.54 Å². The SMILES string of the molecule is COc1ccc(C[n+]2cc(C)n3ccccc32)cc1. The topological polar surface area (TPSA) is 17.5 Å². The molecular formula is C16H17N2O+. The summed E-state index contributed by atoms with van der Waals surface area (Å²) in [6.45, 7) is 2.99. The van der Waals surface area contributed by atoms with Crippen LogP contribution in [0.5, 0.6) is 5.75 Å². The summed E-state index contributed by atoms with van der Waals surface area (Å²) in [5.74, 6) is 0.895. The van der Waals surface area contributed by atoms with Crippen molar-refractivity contribution >= 4 is 5.65 Å². The second kappa shape index (κ2) is 4.76. The maximum absolute atomic E-state index is 5.18. The molecule has 0 aliphatic heterocycles. The standard InChI is InChI=1S/C16H17N2O/c1-13-11-17(16-5-3-4-10-18(13)16)12-14-6-8-15(19-2)9-7-14/h3-11H,12H2,1-2H3/q+1. The Labute approximate surface area is 112 Å². The van der Waals surface area contributed by atoms with E-state index in [9.17, 15) is 0 Å². The van der Waals surface area contributed by atoms with Gasteiger partial charge in [-0.2, -0.15) is 0 Å². The number of hydrogen-bond acceptors (Lipinski definition) is 1. The summed E-state index contributed by atoms with van der Waals surface area (Å²) in [7, 11) is 1.69. The molecular weight excluding hydrogens is 236 g/mol. The van der Waals surface area contributed by atoms with Crippen molar-refractivity contribution in [3.63, 3.8) is 0 Å². The Kier molecular flexibility index (Phi) is 2.95. The van der Waals surface area contributed by atoms with E-state index < -0.39 is 0 Å². The van der Waals surface area contributed by atoms with Crippen LogP contribution < -0.4 is 9.30 Å². The van der Waals surface area contributed by atoms with Crippen LogP contribution in [-0.4, -0.2) is 11.5 Å². The van der Waals surface area contributed by atoms with Gasteiger partial charge in [-0.15, -0.1) is 0 Å². The molecule has 0 radical (unpaired) electrons. The fourth-order valence-corrected chi connectivity index (χ4v) is 2.37. The minimum absolute atomic E-state index is 0.866. The highest BCUT2D eigenvalue weighted by molar-refractivity contribution is 5.34. The second-order valence-corrected chi connectivity index (χ2v) is 4.68. The second-order valence-electron chi connectivity index (χ2n) is 4.68. The third-order valence-corrected chi connectivity index (χ3v) is 3.37. The molecule has 0 spiro atoms. The first-order chi connectivity index (χ1) is 9.28. The van der Waals surface area contributed by atoms with Crippen LogP contribution in [0.1, 0.15) is 11.3 Å². The van der Waals surface area contributed by atoms with Crippen molar-refractivity contribution in [2.75, 3.05) is 7.11 Å². The van der Waals surface area contributed by atoms with Crippen LogP contribution in [0.2, 0.25) is 0 Å². The number of aromatic nitrogens is 2. The van der Waals surface area contributed by atoms with Gasteiger partial charge in [0.25, 0.3) is 5.65 Å². The molecule has 3 nitrogen and oxygen atoms in total. The van der Waals surface area contributed by atoms with E-state index in [2.05, 4.69) is 58.6 Å². The lowest BCUT2D eigenvalue weighted by Gasteiger charge is -2.01. The van der Waals surface area contributed by atoms with Gasteiger partial charge in [0.2, 0.25) is 0 Å². The largest absolute Gasteiger partial charge is 0.497 e. The van der Waals surface area contributed by atoms with Crippen molar-refractivity contribution in [3.8, 4) is 5.75 Å². The number of aryl methyl sites for hydroxylation is 1. The molecule has 96 valence electrons. The number of fused-ring (bicyclic) bond motifs is 1. The van der Waals surface area contributed by atoms with E-state index in [1.807, 2.05) is 12.1 Å². The first kappa shape index (κ1) is 11.8. The van der Waals surface area contributed by atoms with Gasteiger partial charge in [-0.1, -0.05) is 18.2 Å². The van der Waals surface area contributed by atoms with E-state index in [4.69, 9.17) is 4.74 Å². The van der Waals surface area contributed by atoms with Gasteiger partial charge in [-0.3, -0.25) is 0 Å². The number of ether oxygens (including phenoxy) is 1. The molecule has 0 saturated carbocycles. The van der Waals surface area contributed by atoms with Crippen molar-refractivity contribution in [1.29, 1.82) is 0 Å². The Bertz CT molecular complexity index is 698. The summed E-state index contributed by atoms with van der Waals surface area (Å²) in [5, 5.41) is 0. The normalized spacial score (nSPS) is 10.8. The van der Waals surface area contributed by atoms with Gasteiger partial charge >= 0.3 is 0 Å². The van der Waals surface area contributed by atoms with Gasteiger partial charge < -0.3 is 4.74 Å². The smallest absolute Gasteiger partial charge is 0.286 e. The van der Waals surface area contributed by atoms with E-state index >= 15 is 0 Å². The van der Waals surface area contributed by atoms with E-state index in [1.165, 1.54) is 16.9 Å². The van der Waals surface area contributed by atoms with Gasteiger partial charge in [-0.25, -0.2) is 8.97 Å². The zero-order valence-corrected chi connectivity index (χ0v) is 11.2. The maximum atomic E-state index is 5.18. The molecule has 0 N–H and O–H groups in total. The molecule has 0 amide bonds. The molecule has 3 rings (SSSR count). The summed E-state index contributed by atoms with van der Waals surface area (Å²) in [6, 6.07) is 14.5. The number of imidazole rings is 1. The third-order valence-electron chi connectivity index (χ3n) is 3.37. The highest BCUT2D eigenvalue weighted by Crippen LogP contribution is 2.12. The molecule has 2 aromatic heterocycles. The zero-order chi connectivity index (χ0) is 13.2. The fraction of sp³-hybridized carbons (Fsp3) is 0.188. The van der Waals surface area contributed by atoms with Crippen LogP contribution in [0.3, 0.4) is 0 Å². The number of hydrogen-bond donors (Lipinski definition) is 0. The van der Waals surface area contributed by atoms with Crippen LogP contribution >= 0.6 is 0 Å². The molecule has 19 heavy (non-hydrogen) atoms. The van der Waals surface area contributed by atoms with Gasteiger partial charge in [0.05, 0.1) is 13.3 Å². The van der Waals surface area contributed by atoms with Crippen molar-refractivity contribution in [2.24, 2.45) is 0 Å². The number of benzene rings is 1. The Hall–Kier alpha value is -2.29. The highest BCUT2D eigenvalue weighted by atomic mass is 16.5. The summed E-state index contributed by atoms with van der Waals surface area (Å²) < 4.78 is 9.64. The molecule has 3 heteroatoms. The molecule has 0 aliphatic rings. The first-order valence-electron chi connectivity index (χ1n) is 6.37. The summed E-state index contributed by atoms with van der Waals surface area (Å²) >= 11 is 0. The third kappa shape index (κ3) is 2.19. The lowest BCUT2D eigenvalue weighted by atomic mass is 10.2. The van der Waals surface area contributed by atoms with E-state index in [1.54, 1.807) is 7.11 Å². The van der Waals surface area contributed by atoms with Crippen LogP contribution in [0.4, 0.5) is 0 Å². The molecule has 0 bridgehead atoms. The summed E-state index contributed by atoms with van der Waals surface area (Å²) in [5.41, 5.74) is 3.71. The minimum Gasteiger partial charge on any atom is -0.497 e. The molecule has 0 saturated heterocycles. The minimum atomic E-state index is 0.866. The number of rotatable bonds is 3. The molecule has 3 aromatic rings. The molecule has 2 heterocycles. The van der Waals surface area contributed by atoms with Crippen LogP contribution in [0, 0.1) is 6.92 Å². The van der Waals surface area contributed by atoms with Crippen molar-refractivity contribution < 1.29 is 9.30 Å². The van der Waals surface area contributed by atoms with Gasteiger partial charge in [0, 0.05) is 13.0 Å². The van der Waals surface area contributed by atoms with Crippen molar-refractivity contribution in [1.82, 2.24) is 4.40 Å². The highest BCUT2D eigenvalue weighted by Gasteiger charge is 2.12. The van der Waals surface area contributed by atoms with Crippen molar-refractivity contribution in [2.45, 2.75) is 13.5 Å². The van der Waals surface area contributed by atoms with E-state index in [0.717, 1.165) is 12.3 Å². The average molecular weight is 253 g/mol. The average Bonchev–Trinajstić information content (AvgIpc) is 2.77. The number of methoxy groups -OCH3 is 1. The molecule has 0 fully saturated rings. The number of nitrogens with zero attached hydrogens (tertiary/aromatic N) is 2. The Morgan fingerprint density at radius 1 is 1.11 bits per heavy atom. The molecule has 0 unspecified atom stereocenters. The van der Waals surface area contributed by atoms with E-state index in [-0.39, 0.29) is 0 Å². The molecule has 0 aliphatic carbocycles. The van der Waals surface area contributed by atoms with Crippen LogP contribution in [0.25, 0.3) is 5.65 Å². The van der Waals surface area contributed by atoms with Gasteiger partial charge in [-0.05, 0) is 23.8 Å². The summed E-state index contributed by atoms with van der Waals surface area (Å²) in [4.78, 5) is 0.